The van der Waals surface area contributed by atoms with Crippen molar-refractivity contribution in [3.8, 4) is 0 Å². The van der Waals surface area contributed by atoms with Crippen LogP contribution in [0.4, 0.5) is 0 Å². The maximum Gasteiger partial charge on any atom is 0.343 e. The van der Waals surface area contributed by atoms with E-state index in [1.807, 2.05) is 0 Å². The van der Waals surface area contributed by atoms with Crippen LogP contribution in [0.5, 0.6) is 0 Å². The van der Waals surface area contributed by atoms with Crippen molar-refractivity contribution in [2.24, 2.45) is 0 Å². The van der Waals surface area contributed by atoms with Gasteiger partial charge in [-0.05, 0) is 0 Å². The monoisotopic (exact) mass is 245 g/mol. The molecule has 1 aliphatic rings. The molecular weight excluding hydrogens is 234 g/mol. The summed E-state index contributed by atoms with van der Waals surface area (Å²) in [7, 11) is 0. The molecule has 1 fully saturated rings. The minimum Gasteiger partial charge on any atom is -0.329 e. The summed E-state index contributed by atoms with van der Waals surface area (Å²) in [4.78, 5) is 48.7. The molecule has 0 aromatic heterocycles. The second-order valence-electron chi connectivity index (χ2n) is 3.06. The van der Waals surface area contributed by atoms with Gasteiger partial charge in [0.2, 0.25) is 0 Å². The molecule has 1 heterocycles. The highest BCUT2D eigenvalue weighted by molar-refractivity contribution is 8.14. The van der Waals surface area contributed by atoms with Gasteiger partial charge in [-0.15, -0.1) is 5.06 Å². The Balaban J connectivity index is 2.36. The van der Waals surface area contributed by atoms with Crippen molar-refractivity contribution < 1.29 is 24.0 Å². The van der Waals surface area contributed by atoms with E-state index in [9.17, 15) is 19.2 Å². The lowest BCUT2D eigenvalue weighted by molar-refractivity contribution is -0.195. The quantitative estimate of drug-likeness (QED) is 0.661. The van der Waals surface area contributed by atoms with E-state index < -0.39 is 17.8 Å². The minimum atomic E-state index is -0.768. The molecule has 6 nitrogen and oxygen atoms in total. The first kappa shape index (κ1) is 12.7. The summed E-state index contributed by atoms with van der Waals surface area (Å²) in [6.45, 7) is 1.67. The zero-order valence-corrected chi connectivity index (χ0v) is 9.54. The van der Waals surface area contributed by atoms with Crippen LogP contribution in [0.2, 0.25) is 0 Å². The number of rotatable bonds is 4. The van der Waals surface area contributed by atoms with Crippen LogP contribution in [0.3, 0.4) is 0 Å². The Labute approximate surface area is 96.2 Å². The van der Waals surface area contributed by atoms with Crippen molar-refractivity contribution in [2.75, 3.05) is 5.75 Å². The van der Waals surface area contributed by atoms with Crippen LogP contribution in [0.15, 0.2) is 0 Å². The summed E-state index contributed by atoms with van der Waals surface area (Å²) in [6, 6.07) is 0. The zero-order chi connectivity index (χ0) is 12.1. The van der Waals surface area contributed by atoms with E-state index >= 15 is 0 Å². The van der Waals surface area contributed by atoms with Gasteiger partial charge in [0.05, 0.1) is 0 Å². The molecule has 0 unspecified atom stereocenters. The fraction of sp³-hybridized carbons (Fsp3) is 0.556. The summed E-state index contributed by atoms with van der Waals surface area (Å²) in [6.07, 6.45) is 0.444. The lowest BCUT2D eigenvalue weighted by Gasteiger charge is -2.11. The standard InChI is InChI=1S/C9H11NO5S/c1-2-9(14)16-5-8(13)15-10-6(11)3-4-7(10)12/h2-5H2,1H3. The van der Waals surface area contributed by atoms with Gasteiger partial charge in [0.1, 0.15) is 5.75 Å². The number of hydrogen-bond donors (Lipinski definition) is 0. The number of carbonyl (C=O) groups is 4. The first-order valence-corrected chi connectivity index (χ1v) is 5.75. The van der Waals surface area contributed by atoms with Crippen LogP contribution < -0.4 is 0 Å². The van der Waals surface area contributed by atoms with Gasteiger partial charge in [-0.1, -0.05) is 18.7 Å². The van der Waals surface area contributed by atoms with E-state index in [4.69, 9.17) is 0 Å². The predicted molar refractivity (Wildman–Crippen MR) is 54.9 cm³/mol. The Morgan fingerprint density at radius 2 is 1.88 bits per heavy atom. The fourth-order valence-electron chi connectivity index (χ4n) is 1.03. The highest BCUT2D eigenvalue weighted by Crippen LogP contribution is 2.13. The van der Waals surface area contributed by atoms with E-state index in [2.05, 4.69) is 4.84 Å². The molecule has 0 atom stereocenters. The lowest BCUT2D eigenvalue weighted by Crippen LogP contribution is -2.32. The molecule has 2 amide bonds. The smallest absolute Gasteiger partial charge is 0.329 e. The second kappa shape index (κ2) is 5.64. The largest absolute Gasteiger partial charge is 0.343 e. The summed E-state index contributed by atoms with van der Waals surface area (Å²) >= 11 is 0.808. The zero-order valence-electron chi connectivity index (χ0n) is 8.73. The molecule has 1 aliphatic heterocycles. The molecule has 0 aliphatic carbocycles. The third-order valence-electron chi connectivity index (χ3n) is 1.84. The third kappa shape index (κ3) is 3.34. The molecule has 0 saturated carbocycles. The average molecular weight is 245 g/mol. The van der Waals surface area contributed by atoms with Gasteiger partial charge < -0.3 is 4.84 Å². The fourth-order valence-corrected chi connectivity index (χ4v) is 1.56. The summed E-state index contributed by atoms with van der Waals surface area (Å²) in [5.74, 6) is -2.00. The van der Waals surface area contributed by atoms with Crippen LogP contribution in [-0.2, 0) is 24.0 Å². The number of hydroxylamine groups is 2. The first-order chi connectivity index (χ1) is 7.54. The van der Waals surface area contributed by atoms with Crippen LogP contribution in [-0.4, -0.2) is 33.7 Å². The van der Waals surface area contributed by atoms with Crippen molar-refractivity contribution in [2.45, 2.75) is 26.2 Å². The Morgan fingerprint density at radius 1 is 1.31 bits per heavy atom. The molecule has 7 heteroatoms. The number of imide groups is 1. The van der Waals surface area contributed by atoms with E-state index in [1.165, 1.54) is 0 Å². The molecule has 1 rings (SSSR count). The predicted octanol–water partition coefficient (Wildman–Crippen LogP) is 0.263. The number of hydrogen-bond acceptors (Lipinski definition) is 6. The topological polar surface area (TPSA) is 80.8 Å². The molecule has 0 aromatic rings. The second-order valence-corrected chi connectivity index (χ2v) is 4.09. The highest BCUT2D eigenvalue weighted by Gasteiger charge is 2.32. The number of thioether (sulfide) groups is 1. The van der Waals surface area contributed by atoms with E-state index in [0.29, 0.717) is 11.5 Å². The number of amides is 2. The molecule has 1 saturated heterocycles. The van der Waals surface area contributed by atoms with Crippen molar-refractivity contribution in [1.29, 1.82) is 0 Å². The Hall–Kier alpha value is -1.37. The van der Waals surface area contributed by atoms with Gasteiger partial charge in [-0.25, -0.2) is 4.79 Å². The van der Waals surface area contributed by atoms with Crippen LogP contribution in [0, 0.1) is 0 Å². The van der Waals surface area contributed by atoms with E-state index in [0.717, 1.165) is 11.8 Å². The molecule has 0 aromatic carbocycles. The summed E-state index contributed by atoms with van der Waals surface area (Å²) in [5.41, 5.74) is 0. The normalized spacial score (nSPS) is 15.4. The number of nitrogens with zero attached hydrogens (tertiary/aromatic N) is 1. The maximum absolute atomic E-state index is 11.2. The maximum atomic E-state index is 11.2. The van der Waals surface area contributed by atoms with Gasteiger partial charge in [0, 0.05) is 19.3 Å². The van der Waals surface area contributed by atoms with Crippen molar-refractivity contribution >= 4 is 34.7 Å². The molecule has 16 heavy (non-hydrogen) atoms. The molecule has 0 spiro atoms. The van der Waals surface area contributed by atoms with Gasteiger partial charge in [0.15, 0.2) is 5.12 Å². The van der Waals surface area contributed by atoms with E-state index in [-0.39, 0.29) is 23.7 Å². The average Bonchev–Trinajstić information content (AvgIpc) is 2.57. The summed E-state index contributed by atoms with van der Waals surface area (Å²) in [5, 5.41) is 0.329. The number of carbonyl (C=O) groups excluding carboxylic acids is 4. The molecule has 88 valence electrons. The van der Waals surface area contributed by atoms with Gasteiger partial charge in [-0.3, -0.25) is 14.4 Å². The lowest BCUT2D eigenvalue weighted by atomic mass is 10.4. The van der Waals surface area contributed by atoms with Crippen molar-refractivity contribution in [3.63, 3.8) is 0 Å². The Bertz CT molecular complexity index is 325. The molecular formula is C9H11NO5S. The van der Waals surface area contributed by atoms with Crippen molar-refractivity contribution in [1.82, 2.24) is 5.06 Å². The highest BCUT2D eigenvalue weighted by atomic mass is 32.2. The SMILES string of the molecule is CCC(=O)SCC(=O)ON1C(=O)CCC1=O. The van der Waals surface area contributed by atoms with Crippen LogP contribution in [0.1, 0.15) is 26.2 Å². The molecule has 0 bridgehead atoms. The van der Waals surface area contributed by atoms with E-state index in [1.54, 1.807) is 6.92 Å². The first-order valence-electron chi connectivity index (χ1n) is 4.76. The Morgan fingerprint density at radius 3 is 2.38 bits per heavy atom. The van der Waals surface area contributed by atoms with Crippen molar-refractivity contribution in [3.05, 3.63) is 0 Å². The Kier molecular flexibility index (Phi) is 4.48. The van der Waals surface area contributed by atoms with Crippen LogP contribution in [0.25, 0.3) is 0 Å². The van der Waals surface area contributed by atoms with Gasteiger partial charge in [-0.2, -0.15) is 0 Å². The van der Waals surface area contributed by atoms with Gasteiger partial charge >= 0.3 is 5.97 Å². The molecule has 0 N–H and O–H groups in total. The third-order valence-corrected chi connectivity index (χ3v) is 2.83. The van der Waals surface area contributed by atoms with Gasteiger partial charge in [0.25, 0.3) is 11.8 Å². The minimum absolute atomic E-state index is 0.0626. The van der Waals surface area contributed by atoms with Crippen LogP contribution >= 0.6 is 11.8 Å². The molecule has 0 radical (unpaired) electrons. The summed E-state index contributed by atoms with van der Waals surface area (Å²) < 4.78 is 0.